The number of hydrogen-bond acceptors (Lipinski definition) is 3. The van der Waals surface area contributed by atoms with Crippen molar-refractivity contribution in [1.82, 2.24) is 14.5 Å². The van der Waals surface area contributed by atoms with Crippen LogP contribution in [-0.2, 0) is 6.54 Å². The highest BCUT2D eigenvalue weighted by molar-refractivity contribution is 6.00. The second-order valence-electron chi connectivity index (χ2n) is 6.43. The van der Waals surface area contributed by atoms with Gasteiger partial charge in [0.05, 0.1) is 17.3 Å². The molecule has 0 radical (unpaired) electrons. The number of rotatable bonds is 4. The average molecular weight is 321 g/mol. The van der Waals surface area contributed by atoms with Crippen LogP contribution in [0.25, 0.3) is 5.52 Å². The maximum Gasteiger partial charge on any atom is 0.258 e. The van der Waals surface area contributed by atoms with Crippen LogP contribution in [-0.4, -0.2) is 31.6 Å². The van der Waals surface area contributed by atoms with Crippen molar-refractivity contribution in [3.63, 3.8) is 0 Å². The van der Waals surface area contributed by atoms with Gasteiger partial charge in [0.15, 0.2) is 0 Å². The molecule has 24 heavy (non-hydrogen) atoms. The maximum atomic E-state index is 13.1. The van der Waals surface area contributed by atoms with E-state index in [0.29, 0.717) is 12.1 Å². The van der Waals surface area contributed by atoms with Gasteiger partial charge in [-0.3, -0.25) is 4.79 Å². The molecule has 0 aliphatic heterocycles. The standard InChI is InChI=1S/C19H19N3O2/c1-13-5-8-18-17(10-20-22(18)11-13)19(24)21(15-6-7-15)12-14-3-2-4-16(23)9-14/h2-5,8-11,15,23H,6-7,12H2,1H3. The topological polar surface area (TPSA) is 57.8 Å². The quantitative estimate of drug-likeness (QED) is 0.803. The van der Waals surface area contributed by atoms with Crippen LogP contribution in [0.5, 0.6) is 5.75 Å². The number of phenolic OH excluding ortho intramolecular Hbond substituents is 1. The number of hydrogen-bond donors (Lipinski definition) is 1. The first kappa shape index (κ1) is 14.8. The Morgan fingerprint density at radius 1 is 1.33 bits per heavy atom. The number of pyridine rings is 1. The zero-order valence-corrected chi connectivity index (χ0v) is 13.5. The normalized spacial score (nSPS) is 14.0. The smallest absolute Gasteiger partial charge is 0.258 e. The number of fused-ring (bicyclic) bond motifs is 1. The van der Waals surface area contributed by atoms with Gasteiger partial charge in [0, 0.05) is 18.8 Å². The molecule has 0 saturated heterocycles. The molecule has 2 heterocycles. The minimum Gasteiger partial charge on any atom is -0.508 e. The van der Waals surface area contributed by atoms with Crippen LogP contribution in [0.3, 0.4) is 0 Å². The molecule has 1 fully saturated rings. The number of nitrogens with zero attached hydrogens (tertiary/aromatic N) is 3. The molecule has 0 atom stereocenters. The van der Waals surface area contributed by atoms with Gasteiger partial charge in [0.1, 0.15) is 5.75 Å². The largest absolute Gasteiger partial charge is 0.508 e. The van der Waals surface area contributed by atoms with Gasteiger partial charge in [-0.1, -0.05) is 18.2 Å². The Bertz CT molecular complexity index is 912. The monoisotopic (exact) mass is 321 g/mol. The van der Waals surface area contributed by atoms with Crippen molar-refractivity contribution in [3.8, 4) is 5.75 Å². The van der Waals surface area contributed by atoms with Crippen LogP contribution in [0, 0.1) is 6.92 Å². The highest BCUT2D eigenvalue weighted by Crippen LogP contribution is 2.31. The van der Waals surface area contributed by atoms with Crippen molar-refractivity contribution in [2.45, 2.75) is 32.4 Å². The summed E-state index contributed by atoms with van der Waals surface area (Å²) in [6, 6.07) is 11.3. The summed E-state index contributed by atoms with van der Waals surface area (Å²) >= 11 is 0. The summed E-state index contributed by atoms with van der Waals surface area (Å²) in [5.74, 6) is 0.224. The molecule has 0 unspecified atom stereocenters. The Morgan fingerprint density at radius 2 is 2.17 bits per heavy atom. The predicted octanol–water partition coefficient (Wildman–Crippen LogP) is 3.15. The van der Waals surface area contributed by atoms with E-state index in [1.54, 1.807) is 28.9 Å². The highest BCUT2D eigenvalue weighted by Gasteiger charge is 2.34. The predicted molar refractivity (Wildman–Crippen MR) is 90.9 cm³/mol. The fourth-order valence-corrected chi connectivity index (χ4v) is 3.01. The summed E-state index contributed by atoms with van der Waals surface area (Å²) in [5.41, 5.74) is 3.49. The van der Waals surface area contributed by atoms with Crippen LogP contribution in [0.1, 0.15) is 34.3 Å². The van der Waals surface area contributed by atoms with E-state index in [1.165, 1.54) is 0 Å². The lowest BCUT2D eigenvalue weighted by molar-refractivity contribution is 0.0731. The Labute approximate surface area is 140 Å². The summed E-state index contributed by atoms with van der Waals surface area (Å²) in [7, 11) is 0. The summed E-state index contributed by atoms with van der Waals surface area (Å²) in [6.07, 6.45) is 5.63. The molecule has 122 valence electrons. The second kappa shape index (κ2) is 5.67. The van der Waals surface area contributed by atoms with Crippen molar-refractivity contribution in [2.75, 3.05) is 0 Å². The van der Waals surface area contributed by atoms with Gasteiger partial charge in [-0.2, -0.15) is 5.10 Å². The number of carbonyl (C=O) groups is 1. The van der Waals surface area contributed by atoms with Crippen LogP contribution >= 0.6 is 0 Å². The summed E-state index contributed by atoms with van der Waals surface area (Å²) in [6.45, 7) is 2.50. The lowest BCUT2D eigenvalue weighted by Gasteiger charge is -2.22. The summed E-state index contributed by atoms with van der Waals surface area (Å²) in [5, 5.41) is 14.0. The molecule has 1 aliphatic carbocycles. The Hall–Kier alpha value is -2.82. The van der Waals surface area contributed by atoms with E-state index in [4.69, 9.17) is 0 Å². The number of aromatic nitrogens is 2. The van der Waals surface area contributed by atoms with Crippen molar-refractivity contribution >= 4 is 11.4 Å². The average Bonchev–Trinajstić information content (AvgIpc) is 3.31. The number of carbonyl (C=O) groups excluding carboxylic acids is 1. The van der Waals surface area contributed by atoms with Crippen LogP contribution in [0.15, 0.2) is 48.8 Å². The van der Waals surface area contributed by atoms with Gasteiger partial charge in [0.25, 0.3) is 5.91 Å². The first-order valence-electron chi connectivity index (χ1n) is 8.15. The molecule has 5 nitrogen and oxygen atoms in total. The SMILES string of the molecule is Cc1ccc2c(C(=O)N(Cc3cccc(O)c3)C3CC3)cnn2c1. The third-order valence-electron chi connectivity index (χ3n) is 4.41. The molecule has 2 aromatic heterocycles. The molecule has 1 aromatic carbocycles. The first-order chi connectivity index (χ1) is 11.6. The zero-order valence-electron chi connectivity index (χ0n) is 13.5. The van der Waals surface area contributed by atoms with Gasteiger partial charge in [-0.15, -0.1) is 0 Å². The minimum atomic E-state index is -0.000282. The fourth-order valence-electron chi connectivity index (χ4n) is 3.01. The molecular weight excluding hydrogens is 302 g/mol. The lowest BCUT2D eigenvalue weighted by Crippen LogP contribution is -2.32. The summed E-state index contributed by atoms with van der Waals surface area (Å²) < 4.78 is 1.75. The van der Waals surface area contributed by atoms with Crippen LogP contribution < -0.4 is 0 Å². The number of aromatic hydroxyl groups is 1. The van der Waals surface area contributed by atoms with Crippen molar-refractivity contribution in [2.24, 2.45) is 0 Å². The van der Waals surface area contributed by atoms with Gasteiger partial charge in [-0.25, -0.2) is 4.52 Å². The van der Waals surface area contributed by atoms with E-state index in [0.717, 1.165) is 29.5 Å². The molecule has 5 heteroatoms. The third-order valence-corrected chi connectivity index (χ3v) is 4.41. The maximum absolute atomic E-state index is 13.1. The van der Waals surface area contributed by atoms with Gasteiger partial charge >= 0.3 is 0 Å². The van der Waals surface area contributed by atoms with Gasteiger partial charge < -0.3 is 10.0 Å². The molecule has 1 saturated carbocycles. The lowest BCUT2D eigenvalue weighted by atomic mass is 10.1. The van der Waals surface area contributed by atoms with Crippen molar-refractivity contribution < 1.29 is 9.90 Å². The molecule has 3 aromatic rings. The van der Waals surface area contributed by atoms with E-state index >= 15 is 0 Å². The Morgan fingerprint density at radius 3 is 2.92 bits per heavy atom. The Kier molecular flexibility index (Phi) is 3.49. The van der Waals surface area contributed by atoms with Crippen LogP contribution in [0.2, 0.25) is 0 Å². The molecule has 0 bridgehead atoms. The molecular formula is C19H19N3O2. The van der Waals surface area contributed by atoms with Crippen LogP contribution in [0.4, 0.5) is 0 Å². The number of aryl methyl sites for hydroxylation is 1. The minimum absolute atomic E-state index is 0.000282. The Balaban J connectivity index is 1.66. The number of amides is 1. The van der Waals surface area contributed by atoms with E-state index in [1.807, 2.05) is 36.2 Å². The van der Waals surface area contributed by atoms with Crippen molar-refractivity contribution in [3.05, 3.63) is 65.5 Å². The van der Waals surface area contributed by atoms with E-state index in [9.17, 15) is 9.90 Å². The molecule has 1 N–H and O–H groups in total. The molecule has 1 amide bonds. The van der Waals surface area contributed by atoms with E-state index in [2.05, 4.69) is 5.10 Å². The second-order valence-corrected chi connectivity index (χ2v) is 6.43. The third kappa shape index (κ3) is 2.73. The highest BCUT2D eigenvalue weighted by atomic mass is 16.3. The molecule has 0 spiro atoms. The molecule has 4 rings (SSSR count). The van der Waals surface area contributed by atoms with Gasteiger partial charge in [-0.05, 0) is 49.1 Å². The molecule has 1 aliphatic rings. The summed E-state index contributed by atoms with van der Waals surface area (Å²) in [4.78, 5) is 15.0. The number of benzene rings is 1. The number of phenols is 1. The zero-order chi connectivity index (χ0) is 16.7. The van der Waals surface area contributed by atoms with E-state index in [-0.39, 0.29) is 17.7 Å². The van der Waals surface area contributed by atoms with E-state index < -0.39 is 0 Å². The fraction of sp³-hybridized carbons (Fsp3) is 0.263. The van der Waals surface area contributed by atoms with Crippen molar-refractivity contribution in [1.29, 1.82) is 0 Å². The first-order valence-corrected chi connectivity index (χ1v) is 8.15. The van der Waals surface area contributed by atoms with Gasteiger partial charge in [0.2, 0.25) is 0 Å².